The standard InChI is InChI=1S/C27H27N5O4/c1-34-25-15-18(2-5-24(25)36-13-10-31-8-11-35-12-9-31)23-17-29-22-16-26(33)32(27(22)30-23)20-3-4-21-19(14-20)6-7-28-21/h2-7,14-15,17,28H,8-13,16H2,1H3. The fourth-order valence-electron chi connectivity index (χ4n) is 4.69. The minimum atomic E-state index is -0.0429. The summed E-state index contributed by atoms with van der Waals surface area (Å²) >= 11 is 0. The lowest BCUT2D eigenvalue weighted by Gasteiger charge is -2.26. The summed E-state index contributed by atoms with van der Waals surface area (Å²) in [6, 6.07) is 13.6. The molecule has 0 aliphatic carbocycles. The summed E-state index contributed by atoms with van der Waals surface area (Å²) in [5.74, 6) is 1.83. The van der Waals surface area contributed by atoms with Crippen molar-refractivity contribution < 1.29 is 19.0 Å². The van der Waals surface area contributed by atoms with Crippen LogP contribution in [0.4, 0.5) is 11.5 Å². The van der Waals surface area contributed by atoms with Crippen molar-refractivity contribution in [2.45, 2.75) is 6.42 Å². The van der Waals surface area contributed by atoms with Crippen LogP contribution < -0.4 is 14.4 Å². The minimum absolute atomic E-state index is 0.0429. The highest BCUT2D eigenvalue weighted by molar-refractivity contribution is 6.07. The molecule has 0 bridgehead atoms. The predicted octanol–water partition coefficient (Wildman–Crippen LogP) is 3.57. The van der Waals surface area contributed by atoms with Crippen molar-refractivity contribution in [3.63, 3.8) is 0 Å². The second kappa shape index (κ2) is 9.60. The predicted molar refractivity (Wildman–Crippen MR) is 136 cm³/mol. The van der Waals surface area contributed by atoms with E-state index in [1.807, 2.05) is 48.7 Å². The zero-order chi connectivity index (χ0) is 24.5. The van der Waals surface area contributed by atoms with Gasteiger partial charge in [0, 0.05) is 42.3 Å². The van der Waals surface area contributed by atoms with Gasteiger partial charge in [0.2, 0.25) is 5.91 Å². The fraction of sp³-hybridized carbons (Fsp3) is 0.296. The quantitative estimate of drug-likeness (QED) is 0.428. The monoisotopic (exact) mass is 485 g/mol. The van der Waals surface area contributed by atoms with Crippen LogP contribution >= 0.6 is 0 Å². The molecule has 1 saturated heterocycles. The van der Waals surface area contributed by atoms with Crippen molar-refractivity contribution in [2.24, 2.45) is 0 Å². The highest BCUT2D eigenvalue weighted by atomic mass is 16.5. The summed E-state index contributed by atoms with van der Waals surface area (Å²) in [6.45, 7) is 4.79. The average molecular weight is 486 g/mol. The number of amides is 1. The number of aromatic nitrogens is 3. The zero-order valence-electron chi connectivity index (χ0n) is 20.1. The SMILES string of the molecule is COc1cc(-c2cnc3c(n2)N(c2ccc4[nH]ccc4c2)C(=O)C3)ccc1OCCN1CCOCC1. The summed E-state index contributed by atoms with van der Waals surface area (Å²) in [7, 11) is 1.62. The Kier molecular flexibility index (Phi) is 6.00. The Labute approximate surface area is 208 Å². The van der Waals surface area contributed by atoms with Gasteiger partial charge in [-0.25, -0.2) is 4.98 Å². The summed E-state index contributed by atoms with van der Waals surface area (Å²) in [4.78, 5) is 29.5. The highest BCUT2D eigenvalue weighted by Crippen LogP contribution is 2.37. The van der Waals surface area contributed by atoms with Crippen LogP contribution in [0.25, 0.3) is 22.2 Å². The lowest BCUT2D eigenvalue weighted by Crippen LogP contribution is -2.38. The van der Waals surface area contributed by atoms with Gasteiger partial charge in [-0.2, -0.15) is 0 Å². The third-order valence-corrected chi connectivity index (χ3v) is 6.63. The van der Waals surface area contributed by atoms with E-state index in [4.69, 9.17) is 19.2 Å². The first-order valence-electron chi connectivity index (χ1n) is 12.1. The van der Waals surface area contributed by atoms with Gasteiger partial charge >= 0.3 is 0 Å². The van der Waals surface area contributed by atoms with Crippen molar-refractivity contribution in [3.8, 4) is 22.8 Å². The Balaban J connectivity index is 1.24. The van der Waals surface area contributed by atoms with Gasteiger partial charge in [0.15, 0.2) is 17.3 Å². The Morgan fingerprint density at radius 1 is 1.08 bits per heavy atom. The van der Waals surface area contributed by atoms with Crippen LogP contribution in [-0.4, -0.2) is 72.3 Å². The van der Waals surface area contributed by atoms with Crippen molar-refractivity contribution in [2.75, 3.05) is 51.5 Å². The van der Waals surface area contributed by atoms with E-state index in [0.717, 1.165) is 55.0 Å². The molecular formula is C27H27N5O4. The van der Waals surface area contributed by atoms with E-state index in [1.54, 1.807) is 18.2 Å². The number of aromatic amines is 1. The number of carbonyl (C=O) groups is 1. The van der Waals surface area contributed by atoms with Crippen molar-refractivity contribution >= 4 is 28.3 Å². The topological polar surface area (TPSA) is 92.8 Å². The molecule has 2 aliphatic heterocycles. The summed E-state index contributed by atoms with van der Waals surface area (Å²) in [6.07, 6.45) is 3.82. The normalized spacial score (nSPS) is 15.9. The third kappa shape index (κ3) is 4.27. The Morgan fingerprint density at radius 3 is 2.83 bits per heavy atom. The summed E-state index contributed by atoms with van der Waals surface area (Å²) in [5, 5.41) is 1.03. The van der Waals surface area contributed by atoms with Gasteiger partial charge in [-0.15, -0.1) is 0 Å². The van der Waals surface area contributed by atoms with Gasteiger partial charge in [0.05, 0.1) is 50.0 Å². The molecule has 0 spiro atoms. The number of anilines is 2. The van der Waals surface area contributed by atoms with Crippen LogP contribution in [0.15, 0.2) is 54.9 Å². The molecule has 0 unspecified atom stereocenters. The van der Waals surface area contributed by atoms with Crippen LogP contribution in [0, 0.1) is 0 Å². The summed E-state index contributed by atoms with van der Waals surface area (Å²) < 4.78 is 17.0. The molecule has 0 radical (unpaired) electrons. The van der Waals surface area contributed by atoms with Crippen molar-refractivity contribution in [3.05, 3.63) is 60.6 Å². The van der Waals surface area contributed by atoms with E-state index < -0.39 is 0 Å². The molecule has 36 heavy (non-hydrogen) atoms. The zero-order valence-corrected chi connectivity index (χ0v) is 20.1. The number of hydrogen-bond acceptors (Lipinski definition) is 7. The average Bonchev–Trinajstić information content (AvgIpc) is 3.51. The molecule has 2 aliphatic rings. The molecule has 4 heterocycles. The first-order valence-corrected chi connectivity index (χ1v) is 12.1. The molecule has 9 heteroatoms. The van der Waals surface area contributed by atoms with E-state index in [1.165, 1.54) is 0 Å². The number of carbonyl (C=O) groups excluding carboxylic acids is 1. The number of nitrogens with zero attached hydrogens (tertiary/aromatic N) is 4. The number of morpholine rings is 1. The van der Waals surface area contributed by atoms with E-state index in [9.17, 15) is 4.79 Å². The first-order chi connectivity index (χ1) is 17.7. The Morgan fingerprint density at radius 2 is 1.97 bits per heavy atom. The van der Waals surface area contributed by atoms with E-state index in [0.29, 0.717) is 35.3 Å². The maximum atomic E-state index is 12.9. The molecule has 2 aromatic carbocycles. The molecule has 0 saturated carbocycles. The van der Waals surface area contributed by atoms with Crippen LogP contribution in [0.5, 0.6) is 11.5 Å². The minimum Gasteiger partial charge on any atom is -0.493 e. The number of benzene rings is 2. The van der Waals surface area contributed by atoms with Crippen molar-refractivity contribution in [1.82, 2.24) is 19.9 Å². The van der Waals surface area contributed by atoms with Gasteiger partial charge in [-0.05, 0) is 42.5 Å². The number of H-pyrrole nitrogens is 1. The van der Waals surface area contributed by atoms with E-state index >= 15 is 0 Å². The molecule has 1 fully saturated rings. The lowest BCUT2D eigenvalue weighted by atomic mass is 10.1. The smallest absolute Gasteiger partial charge is 0.238 e. The molecule has 1 N–H and O–H groups in total. The summed E-state index contributed by atoms with van der Waals surface area (Å²) in [5.41, 5.74) is 3.97. The van der Waals surface area contributed by atoms with Crippen LogP contribution in [0.3, 0.4) is 0 Å². The van der Waals surface area contributed by atoms with Crippen LogP contribution in [-0.2, 0) is 16.0 Å². The molecule has 4 aromatic rings. The van der Waals surface area contributed by atoms with E-state index in [-0.39, 0.29) is 12.3 Å². The molecule has 9 nitrogen and oxygen atoms in total. The number of ether oxygens (including phenoxy) is 3. The lowest BCUT2D eigenvalue weighted by molar-refractivity contribution is -0.116. The van der Waals surface area contributed by atoms with E-state index in [2.05, 4.69) is 14.9 Å². The van der Waals surface area contributed by atoms with Gasteiger partial charge in [-0.1, -0.05) is 0 Å². The van der Waals surface area contributed by atoms with Crippen LogP contribution in [0.2, 0.25) is 0 Å². The number of methoxy groups -OCH3 is 1. The highest BCUT2D eigenvalue weighted by Gasteiger charge is 2.32. The number of fused-ring (bicyclic) bond motifs is 2. The maximum Gasteiger partial charge on any atom is 0.238 e. The molecular weight excluding hydrogens is 458 g/mol. The maximum absolute atomic E-state index is 12.9. The van der Waals surface area contributed by atoms with Gasteiger partial charge in [0.25, 0.3) is 0 Å². The van der Waals surface area contributed by atoms with Gasteiger partial charge < -0.3 is 19.2 Å². The Bertz CT molecular complexity index is 1410. The number of nitrogens with one attached hydrogen (secondary N) is 1. The number of rotatable bonds is 7. The first kappa shape index (κ1) is 22.5. The molecule has 184 valence electrons. The fourth-order valence-corrected chi connectivity index (χ4v) is 4.69. The Hall–Kier alpha value is -3.95. The molecule has 2 aromatic heterocycles. The van der Waals surface area contributed by atoms with Gasteiger partial charge in [-0.3, -0.25) is 19.6 Å². The second-order valence-corrected chi connectivity index (χ2v) is 8.85. The molecule has 6 rings (SSSR count). The van der Waals surface area contributed by atoms with Crippen LogP contribution in [0.1, 0.15) is 5.69 Å². The largest absolute Gasteiger partial charge is 0.493 e. The third-order valence-electron chi connectivity index (χ3n) is 6.63. The van der Waals surface area contributed by atoms with Crippen molar-refractivity contribution in [1.29, 1.82) is 0 Å². The second-order valence-electron chi connectivity index (χ2n) is 8.85. The molecule has 1 amide bonds. The number of hydrogen-bond donors (Lipinski definition) is 1. The molecule has 0 atom stereocenters. The van der Waals surface area contributed by atoms with Gasteiger partial charge in [0.1, 0.15) is 6.61 Å².